The van der Waals surface area contributed by atoms with Crippen LogP contribution in [0.15, 0.2) is 0 Å². The van der Waals surface area contributed by atoms with Crippen molar-refractivity contribution in [1.29, 1.82) is 0 Å². The van der Waals surface area contributed by atoms with Crippen molar-refractivity contribution in [3.05, 3.63) is 0 Å². The molecule has 2 fully saturated rings. The minimum Gasteiger partial charge on any atom is -0.480 e. The van der Waals surface area contributed by atoms with Crippen LogP contribution in [0.2, 0.25) is 0 Å². The molecular weight excluding hydrogens is 232 g/mol. The summed E-state index contributed by atoms with van der Waals surface area (Å²) < 4.78 is 0. The summed E-state index contributed by atoms with van der Waals surface area (Å²) in [6.07, 6.45) is 7.34. The molecule has 0 aromatic rings. The molecular formula is C13H22N2O3. The lowest BCUT2D eigenvalue weighted by atomic mass is 9.83. The summed E-state index contributed by atoms with van der Waals surface area (Å²) in [6.45, 7) is 1.88. The van der Waals surface area contributed by atoms with E-state index in [0.29, 0.717) is 0 Å². The van der Waals surface area contributed by atoms with Crippen LogP contribution >= 0.6 is 0 Å². The summed E-state index contributed by atoms with van der Waals surface area (Å²) in [6, 6.07) is -0.0717. The fourth-order valence-electron chi connectivity index (χ4n) is 2.69. The van der Waals surface area contributed by atoms with Gasteiger partial charge in [-0.1, -0.05) is 19.3 Å². The first kappa shape index (κ1) is 13.2. The molecule has 0 heterocycles. The van der Waals surface area contributed by atoms with Gasteiger partial charge in [0.1, 0.15) is 6.54 Å². The highest BCUT2D eigenvalue weighted by Crippen LogP contribution is 2.30. The topological polar surface area (TPSA) is 69.6 Å². The Morgan fingerprint density at radius 2 is 1.89 bits per heavy atom. The SMILES string of the molecule is CC1(NC(=O)N(CC(=O)O)C2CC2)CCCCC1. The van der Waals surface area contributed by atoms with E-state index in [1.54, 1.807) is 0 Å². The van der Waals surface area contributed by atoms with Crippen LogP contribution in [0, 0.1) is 0 Å². The number of rotatable bonds is 4. The van der Waals surface area contributed by atoms with Gasteiger partial charge in [-0.25, -0.2) is 4.79 Å². The van der Waals surface area contributed by atoms with E-state index in [1.807, 2.05) is 0 Å². The smallest absolute Gasteiger partial charge is 0.323 e. The fraction of sp³-hybridized carbons (Fsp3) is 0.846. The zero-order valence-corrected chi connectivity index (χ0v) is 10.9. The number of amides is 2. The second-order valence-corrected chi connectivity index (χ2v) is 5.80. The number of carboxylic acid groups (broad SMARTS) is 1. The largest absolute Gasteiger partial charge is 0.480 e. The van der Waals surface area contributed by atoms with Crippen LogP contribution in [-0.2, 0) is 4.79 Å². The third kappa shape index (κ3) is 3.37. The van der Waals surface area contributed by atoms with Gasteiger partial charge in [-0.15, -0.1) is 0 Å². The number of nitrogens with one attached hydrogen (secondary N) is 1. The highest BCUT2D eigenvalue weighted by atomic mass is 16.4. The predicted octanol–water partition coefficient (Wildman–Crippen LogP) is 1.97. The molecule has 0 spiro atoms. The molecule has 5 nitrogen and oxygen atoms in total. The maximum absolute atomic E-state index is 12.2. The zero-order chi connectivity index (χ0) is 13.2. The second-order valence-electron chi connectivity index (χ2n) is 5.80. The molecule has 2 aliphatic rings. The number of urea groups is 1. The standard InChI is InChI=1S/C13H22N2O3/c1-13(7-3-2-4-8-13)14-12(18)15(9-11(16)17)10-5-6-10/h10H,2-9H2,1H3,(H,14,18)(H,16,17). The number of carbonyl (C=O) groups excluding carboxylic acids is 1. The van der Waals surface area contributed by atoms with Crippen LogP contribution in [0.1, 0.15) is 51.9 Å². The lowest BCUT2D eigenvalue weighted by Gasteiger charge is -2.36. The van der Waals surface area contributed by atoms with Gasteiger partial charge in [0, 0.05) is 11.6 Å². The summed E-state index contributed by atoms with van der Waals surface area (Å²) in [5.74, 6) is -0.939. The maximum atomic E-state index is 12.2. The van der Waals surface area contributed by atoms with Gasteiger partial charge < -0.3 is 15.3 Å². The number of hydrogen-bond donors (Lipinski definition) is 2. The summed E-state index contributed by atoms with van der Waals surface area (Å²) >= 11 is 0. The number of aliphatic carboxylic acids is 1. The number of hydrogen-bond acceptors (Lipinski definition) is 2. The molecule has 18 heavy (non-hydrogen) atoms. The molecule has 0 atom stereocenters. The zero-order valence-electron chi connectivity index (χ0n) is 10.9. The molecule has 2 rings (SSSR count). The highest BCUT2D eigenvalue weighted by Gasteiger charge is 2.37. The molecule has 2 aliphatic carbocycles. The quantitative estimate of drug-likeness (QED) is 0.805. The van der Waals surface area contributed by atoms with Crippen molar-refractivity contribution in [1.82, 2.24) is 10.2 Å². The van der Waals surface area contributed by atoms with Crippen molar-refractivity contribution in [3.63, 3.8) is 0 Å². The molecule has 0 bridgehead atoms. The average molecular weight is 254 g/mol. The highest BCUT2D eigenvalue weighted by molar-refractivity contribution is 5.81. The van der Waals surface area contributed by atoms with Crippen LogP contribution in [0.3, 0.4) is 0 Å². The Morgan fingerprint density at radius 1 is 1.28 bits per heavy atom. The number of nitrogens with zero attached hydrogens (tertiary/aromatic N) is 1. The molecule has 5 heteroatoms. The first-order valence-electron chi connectivity index (χ1n) is 6.81. The Morgan fingerprint density at radius 3 is 2.39 bits per heavy atom. The first-order chi connectivity index (χ1) is 8.50. The number of carbonyl (C=O) groups is 2. The normalized spacial score (nSPS) is 22.3. The van der Waals surface area contributed by atoms with E-state index in [4.69, 9.17) is 5.11 Å². The molecule has 0 aliphatic heterocycles. The van der Waals surface area contributed by atoms with E-state index in [9.17, 15) is 9.59 Å². The molecule has 2 N–H and O–H groups in total. The van der Waals surface area contributed by atoms with Crippen LogP contribution in [0.4, 0.5) is 4.79 Å². The maximum Gasteiger partial charge on any atom is 0.323 e. The Hall–Kier alpha value is -1.26. The fourth-order valence-corrected chi connectivity index (χ4v) is 2.69. The van der Waals surface area contributed by atoms with E-state index in [2.05, 4.69) is 12.2 Å². The van der Waals surface area contributed by atoms with Gasteiger partial charge in [0.2, 0.25) is 0 Å². The van der Waals surface area contributed by atoms with Gasteiger partial charge in [0.05, 0.1) is 0 Å². The third-order valence-electron chi connectivity index (χ3n) is 3.92. The minimum atomic E-state index is -0.939. The minimum absolute atomic E-state index is 0.133. The lowest BCUT2D eigenvalue weighted by Crippen LogP contribution is -2.54. The van der Waals surface area contributed by atoms with Crippen LogP contribution in [0.25, 0.3) is 0 Å². The van der Waals surface area contributed by atoms with Crippen molar-refractivity contribution in [2.24, 2.45) is 0 Å². The van der Waals surface area contributed by atoms with Crippen molar-refractivity contribution in [2.45, 2.75) is 63.5 Å². The van der Waals surface area contributed by atoms with Crippen LogP contribution in [0.5, 0.6) is 0 Å². The van der Waals surface area contributed by atoms with Gasteiger partial charge in [-0.2, -0.15) is 0 Å². The molecule has 102 valence electrons. The first-order valence-corrected chi connectivity index (χ1v) is 6.81. The van der Waals surface area contributed by atoms with Crippen LogP contribution < -0.4 is 5.32 Å². The molecule has 0 aromatic carbocycles. The molecule has 0 unspecified atom stereocenters. The molecule has 0 aromatic heterocycles. The second kappa shape index (κ2) is 5.16. The molecule has 0 saturated heterocycles. The lowest BCUT2D eigenvalue weighted by molar-refractivity contribution is -0.137. The van der Waals surface area contributed by atoms with E-state index < -0.39 is 5.97 Å². The van der Waals surface area contributed by atoms with E-state index >= 15 is 0 Å². The molecule has 0 radical (unpaired) electrons. The summed E-state index contributed by atoms with van der Waals surface area (Å²) in [7, 11) is 0. The number of carboxylic acids is 1. The Bertz CT molecular complexity index is 333. The monoisotopic (exact) mass is 254 g/mol. The van der Waals surface area contributed by atoms with Crippen molar-refractivity contribution >= 4 is 12.0 Å². The summed E-state index contributed by atoms with van der Waals surface area (Å²) in [5.41, 5.74) is -0.152. The van der Waals surface area contributed by atoms with Crippen LogP contribution in [-0.4, -0.2) is 40.1 Å². The van der Waals surface area contributed by atoms with E-state index in [0.717, 1.165) is 38.5 Å². The molecule has 2 saturated carbocycles. The van der Waals surface area contributed by atoms with Gasteiger partial charge in [-0.3, -0.25) is 4.79 Å². The predicted molar refractivity (Wildman–Crippen MR) is 67.4 cm³/mol. The van der Waals surface area contributed by atoms with Gasteiger partial charge >= 0.3 is 12.0 Å². The Kier molecular flexibility index (Phi) is 3.78. The Balaban J connectivity index is 1.93. The average Bonchev–Trinajstić information content (AvgIpc) is 3.09. The van der Waals surface area contributed by atoms with Gasteiger partial charge in [0.15, 0.2) is 0 Å². The third-order valence-corrected chi connectivity index (χ3v) is 3.92. The van der Waals surface area contributed by atoms with Gasteiger partial charge in [0.25, 0.3) is 0 Å². The molecule has 2 amide bonds. The summed E-state index contributed by atoms with van der Waals surface area (Å²) in [5, 5.41) is 11.9. The summed E-state index contributed by atoms with van der Waals surface area (Å²) in [4.78, 5) is 24.5. The Labute approximate surface area is 108 Å². The van der Waals surface area contributed by atoms with E-state index in [-0.39, 0.29) is 24.2 Å². The van der Waals surface area contributed by atoms with Crippen molar-refractivity contribution in [2.75, 3.05) is 6.54 Å². The van der Waals surface area contributed by atoms with E-state index in [1.165, 1.54) is 11.3 Å². The van der Waals surface area contributed by atoms with Crippen molar-refractivity contribution in [3.8, 4) is 0 Å². The van der Waals surface area contributed by atoms with Gasteiger partial charge in [-0.05, 0) is 32.6 Å². The van der Waals surface area contributed by atoms with Crippen molar-refractivity contribution < 1.29 is 14.7 Å².